The molecule has 0 heterocycles. The van der Waals surface area contributed by atoms with Crippen LogP contribution in [-0.4, -0.2) is 6.54 Å². The molecule has 2 rings (SSSR count). The van der Waals surface area contributed by atoms with Crippen LogP contribution >= 0.6 is 15.9 Å². The van der Waals surface area contributed by atoms with Gasteiger partial charge in [0, 0.05) is 4.47 Å². The first-order valence-electron chi connectivity index (χ1n) is 6.79. The minimum Gasteiger partial charge on any atom is -0.330 e. The van der Waals surface area contributed by atoms with Crippen LogP contribution in [0.3, 0.4) is 0 Å². The number of benzene rings is 2. The lowest BCUT2D eigenvalue weighted by Crippen LogP contribution is -2.13. The van der Waals surface area contributed by atoms with Crippen LogP contribution in [0.5, 0.6) is 0 Å². The zero-order chi connectivity index (χ0) is 13.5. The third kappa shape index (κ3) is 4.19. The summed E-state index contributed by atoms with van der Waals surface area (Å²) in [6.45, 7) is 0.706. The predicted molar refractivity (Wildman–Crippen MR) is 85.3 cm³/mol. The first kappa shape index (κ1) is 14.3. The van der Waals surface area contributed by atoms with Gasteiger partial charge in [0.2, 0.25) is 0 Å². The second-order valence-corrected chi connectivity index (χ2v) is 5.69. The summed E-state index contributed by atoms with van der Waals surface area (Å²) in [6, 6.07) is 19.0. The molecule has 2 heteroatoms. The second-order valence-electron chi connectivity index (χ2n) is 4.83. The van der Waals surface area contributed by atoms with Crippen LogP contribution in [0.25, 0.3) is 0 Å². The molecule has 2 aromatic rings. The molecule has 0 fully saturated rings. The van der Waals surface area contributed by atoms with Gasteiger partial charge in [0.15, 0.2) is 0 Å². The van der Waals surface area contributed by atoms with Crippen molar-refractivity contribution < 1.29 is 0 Å². The third-order valence-corrected chi connectivity index (χ3v) is 4.21. The molecule has 0 aliphatic carbocycles. The first-order chi connectivity index (χ1) is 9.31. The molecule has 1 unspecified atom stereocenters. The van der Waals surface area contributed by atoms with E-state index < -0.39 is 0 Å². The molecule has 2 N–H and O–H groups in total. The van der Waals surface area contributed by atoms with Crippen LogP contribution < -0.4 is 5.73 Å². The highest BCUT2D eigenvalue weighted by Gasteiger charge is 2.12. The van der Waals surface area contributed by atoms with Gasteiger partial charge in [0.1, 0.15) is 0 Å². The van der Waals surface area contributed by atoms with Crippen LogP contribution in [0.2, 0.25) is 0 Å². The van der Waals surface area contributed by atoms with E-state index in [0.29, 0.717) is 12.5 Å². The number of rotatable bonds is 6. The summed E-state index contributed by atoms with van der Waals surface area (Å²) in [7, 11) is 0. The Morgan fingerprint density at radius 2 is 1.63 bits per heavy atom. The van der Waals surface area contributed by atoms with Crippen LogP contribution in [-0.2, 0) is 6.42 Å². The van der Waals surface area contributed by atoms with E-state index in [1.54, 1.807) is 0 Å². The average Bonchev–Trinajstić information content (AvgIpc) is 2.46. The van der Waals surface area contributed by atoms with Gasteiger partial charge in [-0.25, -0.2) is 0 Å². The number of nitrogens with two attached hydrogens (primary N) is 1. The molecule has 1 nitrogen and oxygen atoms in total. The van der Waals surface area contributed by atoms with E-state index >= 15 is 0 Å². The van der Waals surface area contributed by atoms with Gasteiger partial charge in [-0.2, -0.15) is 0 Å². The van der Waals surface area contributed by atoms with Crippen molar-refractivity contribution in [3.63, 3.8) is 0 Å². The van der Waals surface area contributed by atoms with E-state index in [4.69, 9.17) is 5.73 Å². The van der Waals surface area contributed by atoms with E-state index in [2.05, 4.69) is 64.5 Å². The van der Waals surface area contributed by atoms with Gasteiger partial charge < -0.3 is 5.73 Å². The zero-order valence-corrected chi connectivity index (χ0v) is 12.6. The monoisotopic (exact) mass is 317 g/mol. The third-order valence-electron chi connectivity index (χ3n) is 3.49. The van der Waals surface area contributed by atoms with Gasteiger partial charge in [-0.3, -0.25) is 0 Å². The Bertz CT molecular complexity index is 496. The van der Waals surface area contributed by atoms with Gasteiger partial charge in [-0.1, -0.05) is 64.5 Å². The van der Waals surface area contributed by atoms with Crippen LogP contribution in [0.15, 0.2) is 59.1 Å². The van der Waals surface area contributed by atoms with Crippen molar-refractivity contribution in [2.75, 3.05) is 6.54 Å². The minimum atomic E-state index is 0.444. The van der Waals surface area contributed by atoms with Crippen molar-refractivity contribution in [2.24, 2.45) is 5.73 Å². The Hall–Kier alpha value is -1.12. The fraction of sp³-hybridized carbons (Fsp3) is 0.294. The molecule has 2 aromatic carbocycles. The molecule has 0 saturated carbocycles. The molecule has 0 radical (unpaired) electrons. The lowest BCUT2D eigenvalue weighted by molar-refractivity contribution is 0.597. The summed E-state index contributed by atoms with van der Waals surface area (Å²) in [4.78, 5) is 0. The largest absolute Gasteiger partial charge is 0.330 e. The van der Waals surface area contributed by atoms with Crippen LogP contribution in [0.4, 0.5) is 0 Å². The van der Waals surface area contributed by atoms with Crippen molar-refractivity contribution >= 4 is 15.9 Å². The maximum atomic E-state index is 5.93. The molecule has 0 spiro atoms. The van der Waals surface area contributed by atoms with Crippen LogP contribution in [0, 0.1) is 0 Å². The molecule has 19 heavy (non-hydrogen) atoms. The van der Waals surface area contributed by atoms with E-state index in [9.17, 15) is 0 Å². The quantitative estimate of drug-likeness (QED) is 0.833. The molecule has 0 bridgehead atoms. The number of halogens is 1. The Kier molecular flexibility index (Phi) is 5.62. The molecule has 0 saturated heterocycles. The summed E-state index contributed by atoms with van der Waals surface area (Å²) < 4.78 is 1.17. The Labute approximate surface area is 124 Å². The summed E-state index contributed by atoms with van der Waals surface area (Å²) in [5.74, 6) is 0.444. The Balaban J connectivity index is 1.92. The maximum absolute atomic E-state index is 5.93. The number of hydrogen-bond acceptors (Lipinski definition) is 1. The lowest BCUT2D eigenvalue weighted by Gasteiger charge is -2.16. The normalized spacial score (nSPS) is 12.3. The average molecular weight is 318 g/mol. The standard InChI is InChI=1S/C17H20BrN/c18-17-12-5-4-11-16(17)15(13-19)10-6-9-14-7-2-1-3-8-14/h1-5,7-8,11-12,15H,6,9-10,13,19H2. The number of hydrogen-bond donors (Lipinski definition) is 1. The molecule has 100 valence electrons. The molecule has 0 aliphatic heterocycles. The molecule has 0 aliphatic rings. The topological polar surface area (TPSA) is 26.0 Å². The SMILES string of the molecule is NCC(CCCc1ccccc1)c1ccccc1Br. The van der Waals surface area contributed by atoms with E-state index in [1.807, 2.05) is 6.07 Å². The van der Waals surface area contributed by atoms with Gasteiger partial charge in [0.25, 0.3) is 0 Å². The van der Waals surface area contributed by atoms with Crippen molar-refractivity contribution in [1.82, 2.24) is 0 Å². The summed E-state index contributed by atoms with van der Waals surface area (Å²) in [5, 5.41) is 0. The lowest BCUT2D eigenvalue weighted by atomic mass is 9.93. The van der Waals surface area contributed by atoms with E-state index in [1.165, 1.54) is 22.0 Å². The zero-order valence-electron chi connectivity index (χ0n) is 11.1. The van der Waals surface area contributed by atoms with Gasteiger partial charge in [0.05, 0.1) is 0 Å². The minimum absolute atomic E-state index is 0.444. The van der Waals surface area contributed by atoms with Crippen molar-refractivity contribution in [2.45, 2.75) is 25.2 Å². The smallest absolute Gasteiger partial charge is 0.0210 e. The fourth-order valence-corrected chi connectivity index (χ4v) is 3.01. The van der Waals surface area contributed by atoms with E-state index in [-0.39, 0.29) is 0 Å². The van der Waals surface area contributed by atoms with Crippen molar-refractivity contribution in [3.8, 4) is 0 Å². The van der Waals surface area contributed by atoms with Gasteiger partial charge in [-0.15, -0.1) is 0 Å². The molecular weight excluding hydrogens is 298 g/mol. The molecule has 0 aromatic heterocycles. The summed E-state index contributed by atoms with van der Waals surface area (Å²) in [6.07, 6.45) is 3.43. The highest BCUT2D eigenvalue weighted by atomic mass is 79.9. The van der Waals surface area contributed by atoms with Crippen LogP contribution in [0.1, 0.15) is 29.9 Å². The predicted octanol–water partition coefficient (Wildman–Crippen LogP) is 4.51. The van der Waals surface area contributed by atoms with E-state index in [0.717, 1.165) is 12.8 Å². The molecule has 1 atom stereocenters. The van der Waals surface area contributed by atoms with Gasteiger partial charge >= 0.3 is 0 Å². The van der Waals surface area contributed by atoms with Crippen molar-refractivity contribution in [3.05, 3.63) is 70.2 Å². The first-order valence-corrected chi connectivity index (χ1v) is 7.59. The summed E-state index contributed by atoms with van der Waals surface area (Å²) >= 11 is 3.62. The number of aryl methyl sites for hydroxylation is 1. The Morgan fingerprint density at radius 3 is 2.32 bits per heavy atom. The van der Waals surface area contributed by atoms with Crippen molar-refractivity contribution in [1.29, 1.82) is 0 Å². The molecular formula is C17H20BrN. The van der Waals surface area contributed by atoms with Gasteiger partial charge in [-0.05, 0) is 48.9 Å². The molecule has 0 amide bonds. The fourth-order valence-electron chi connectivity index (χ4n) is 2.40. The highest BCUT2D eigenvalue weighted by molar-refractivity contribution is 9.10. The maximum Gasteiger partial charge on any atom is 0.0210 e. The summed E-state index contributed by atoms with van der Waals surface area (Å²) in [5.41, 5.74) is 8.67. The Morgan fingerprint density at radius 1 is 0.947 bits per heavy atom. The highest BCUT2D eigenvalue weighted by Crippen LogP contribution is 2.28. The second kappa shape index (κ2) is 7.46.